The van der Waals surface area contributed by atoms with Crippen LogP contribution in [0.1, 0.15) is 49.2 Å². The van der Waals surface area contributed by atoms with Crippen molar-refractivity contribution >= 4 is 33.2 Å². The number of aliphatic imine (C=N–C) groups is 1. The van der Waals surface area contributed by atoms with E-state index in [4.69, 9.17) is 5.73 Å². The molecule has 1 heterocycles. The molecule has 0 amide bonds. The maximum Gasteiger partial charge on any atom is 0.189 e. The Morgan fingerprint density at radius 3 is 2.68 bits per heavy atom. The molecule has 0 atom stereocenters. The summed E-state index contributed by atoms with van der Waals surface area (Å²) in [5.74, 6) is 0.552. The quantitative estimate of drug-likeness (QED) is 0.502. The van der Waals surface area contributed by atoms with E-state index in [-0.39, 0.29) is 0 Å². The fourth-order valence-corrected chi connectivity index (χ4v) is 3.69. The summed E-state index contributed by atoms with van der Waals surface area (Å²) in [5.41, 5.74) is 6.97. The van der Waals surface area contributed by atoms with Crippen molar-refractivity contribution in [3.05, 3.63) is 14.5 Å². The molecule has 1 aromatic heterocycles. The van der Waals surface area contributed by atoms with Crippen LogP contribution in [0.3, 0.4) is 0 Å². The highest BCUT2D eigenvalue weighted by molar-refractivity contribution is 9.11. The fraction of sp³-hybridized carbons (Fsp3) is 0.692. The van der Waals surface area contributed by atoms with E-state index >= 15 is 0 Å². The molecule has 0 saturated heterocycles. The van der Waals surface area contributed by atoms with Crippen LogP contribution in [0.2, 0.25) is 0 Å². The molecule has 0 aromatic carbocycles. The van der Waals surface area contributed by atoms with Gasteiger partial charge in [0.15, 0.2) is 5.96 Å². The normalized spacial score (nSPS) is 18.3. The van der Waals surface area contributed by atoms with Crippen LogP contribution in [0.4, 0.5) is 0 Å². The highest BCUT2D eigenvalue weighted by atomic mass is 79.9. The topological polar surface area (TPSA) is 63.3 Å². The van der Waals surface area contributed by atoms with Crippen molar-refractivity contribution < 1.29 is 0 Å². The van der Waals surface area contributed by atoms with Crippen molar-refractivity contribution in [1.29, 1.82) is 0 Å². The first-order valence-corrected chi connectivity index (χ1v) is 8.44. The minimum Gasteiger partial charge on any atom is -0.370 e. The standard InChI is InChI=1S/C13H21BrN4S/c1-9-12(14)19-11(17-9)8-16-13(15)18-10-6-4-2-3-5-7-10/h10H,2-8H2,1H3,(H3,15,16,18). The lowest BCUT2D eigenvalue weighted by molar-refractivity contribution is 0.530. The Morgan fingerprint density at radius 1 is 1.42 bits per heavy atom. The minimum atomic E-state index is 0.496. The highest BCUT2D eigenvalue weighted by Gasteiger charge is 2.12. The molecule has 1 aromatic rings. The molecule has 1 fully saturated rings. The molecule has 3 N–H and O–H groups in total. The Hall–Kier alpha value is -0.620. The number of nitrogens with zero attached hydrogens (tertiary/aromatic N) is 2. The molecular weight excluding hydrogens is 324 g/mol. The van der Waals surface area contributed by atoms with Crippen molar-refractivity contribution in [3.8, 4) is 0 Å². The number of hydrogen-bond acceptors (Lipinski definition) is 3. The Bertz CT molecular complexity index is 416. The number of aromatic nitrogens is 1. The Balaban J connectivity index is 1.84. The SMILES string of the molecule is Cc1nc(CN=C(N)NC2CCCCCC2)sc1Br. The average Bonchev–Trinajstić information content (AvgIpc) is 2.58. The van der Waals surface area contributed by atoms with Crippen LogP contribution in [-0.4, -0.2) is 17.0 Å². The highest BCUT2D eigenvalue weighted by Crippen LogP contribution is 2.24. The molecule has 1 saturated carbocycles. The number of nitrogens with two attached hydrogens (primary N) is 1. The molecule has 6 heteroatoms. The Labute approximate surface area is 127 Å². The number of nitrogens with one attached hydrogen (secondary N) is 1. The molecule has 1 aliphatic rings. The summed E-state index contributed by atoms with van der Waals surface area (Å²) >= 11 is 5.09. The van der Waals surface area contributed by atoms with Gasteiger partial charge in [-0.2, -0.15) is 0 Å². The first-order valence-electron chi connectivity index (χ1n) is 6.83. The van der Waals surface area contributed by atoms with Crippen molar-refractivity contribution in [2.75, 3.05) is 0 Å². The zero-order valence-corrected chi connectivity index (χ0v) is 13.7. The largest absolute Gasteiger partial charge is 0.370 e. The second-order valence-corrected chi connectivity index (χ2v) is 7.40. The number of guanidine groups is 1. The summed E-state index contributed by atoms with van der Waals surface area (Å²) in [4.78, 5) is 8.81. The number of hydrogen-bond donors (Lipinski definition) is 2. The molecule has 106 valence electrons. The zero-order valence-electron chi connectivity index (χ0n) is 11.3. The van der Waals surface area contributed by atoms with Crippen LogP contribution in [0.25, 0.3) is 0 Å². The van der Waals surface area contributed by atoms with Gasteiger partial charge in [0.05, 0.1) is 16.0 Å². The van der Waals surface area contributed by atoms with Crippen LogP contribution in [-0.2, 0) is 6.54 Å². The van der Waals surface area contributed by atoms with Gasteiger partial charge in [-0.1, -0.05) is 25.7 Å². The summed E-state index contributed by atoms with van der Waals surface area (Å²) in [6.07, 6.45) is 7.70. The maximum absolute atomic E-state index is 5.95. The number of aryl methyl sites for hydroxylation is 1. The van der Waals surface area contributed by atoms with E-state index < -0.39 is 0 Å². The number of rotatable bonds is 3. The van der Waals surface area contributed by atoms with E-state index in [2.05, 4.69) is 31.2 Å². The third-order valence-electron chi connectivity index (χ3n) is 3.38. The monoisotopic (exact) mass is 344 g/mol. The van der Waals surface area contributed by atoms with Gasteiger partial charge in [0.25, 0.3) is 0 Å². The smallest absolute Gasteiger partial charge is 0.189 e. The third kappa shape index (κ3) is 4.76. The molecule has 1 aliphatic carbocycles. The lowest BCUT2D eigenvalue weighted by Crippen LogP contribution is -2.39. The van der Waals surface area contributed by atoms with Gasteiger partial charge in [0.2, 0.25) is 0 Å². The van der Waals surface area contributed by atoms with Crippen molar-refractivity contribution in [2.45, 2.75) is 58.0 Å². The van der Waals surface area contributed by atoms with E-state index in [1.807, 2.05) is 6.92 Å². The second kappa shape index (κ2) is 7.24. The van der Waals surface area contributed by atoms with Crippen LogP contribution >= 0.6 is 27.3 Å². The van der Waals surface area contributed by atoms with Gasteiger partial charge in [-0.05, 0) is 35.7 Å². The lowest BCUT2D eigenvalue weighted by atomic mass is 10.1. The molecule has 0 aliphatic heterocycles. The van der Waals surface area contributed by atoms with Gasteiger partial charge in [-0.3, -0.25) is 0 Å². The first-order chi connectivity index (χ1) is 9.15. The van der Waals surface area contributed by atoms with E-state index in [0.717, 1.165) is 14.5 Å². The van der Waals surface area contributed by atoms with Crippen LogP contribution in [0.5, 0.6) is 0 Å². The third-order valence-corrected chi connectivity index (χ3v) is 5.37. The zero-order chi connectivity index (χ0) is 13.7. The van der Waals surface area contributed by atoms with Gasteiger partial charge in [0, 0.05) is 6.04 Å². The van der Waals surface area contributed by atoms with Gasteiger partial charge < -0.3 is 11.1 Å². The Morgan fingerprint density at radius 2 is 2.11 bits per heavy atom. The number of thiazole rings is 1. The first kappa shape index (κ1) is 14.8. The molecule has 0 spiro atoms. The van der Waals surface area contributed by atoms with E-state index in [1.165, 1.54) is 38.5 Å². The van der Waals surface area contributed by atoms with Crippen LogP contribution in [0, 0.1) is 6.92 Å². The molecule has 2 rings (SSSR count). The Kier molecular flexibility index (Phi) is 5.63. The fourth-order valence-electron chi connectivity index (χ4n) is 2.33. The molecule has 0 unspecified atom stereocenters. The van der Waals surface area contributed by atoms with Crippen LogP contribution in [0.15, 0.2) is 8.78 Å². The minimum absolute atomic E-state index is 0.496. The summed E-state index contributed by atoms with van der Waals surface area (Å²) in [6, 6.07) is 0.496. The van der Waals surface area contributed by atoms with Crippen molar-refractivity contribution in [2.24, 2.45) is 10.7 Å². The van der Waals surface area contributed by atoms with E-state index in [1.54, 1.807) is 11.3 Å². The molecule has 4 nitrogen and oxygen atoms in total. The van der Waals surface area contributed by atoms with E-state index in [9.17, 15) is 0 Å². The summed E-state index contributed by atoms with van der Waals surface area (Å²) in [5, 5.41) is 4.34. The molecule has 0 bridgehead atoms. The van der Waals surface area contributed by atoms with Crippen LogP contribution < -0.4 is 11.1 Å². The molecule has 0 radical (unpaired) electrons. The molecule has 19 heavy (non-hydrogen) atoms. The van der Waals surface area contributed by atoms with Gasteiger partial charge >= 0.3 is 0 Å². The number of halogens is 1. The average molecular weight is 345 g/mol. The summed E-state index contributed by atoms with van der Waals surface area (Å²) < 4.78 is 1.08. The summed E-state index contributed by atoms with van der Waals surface area (Å²) in [6.45, 7) is 2.55. The lowest BCUT2D eigenvalue weighted by Gasteiger charge is -2.16. The van der Waals surface area contributed by atoms with Gasteiger partial charge in [-0.25, -0.2) is 9.98 Å². The van der Waals surface area contributed by atoms with Crippen molar-refractivity contribution in [1.82, 2.24) is 10.3 Å². The maximum atomic E-state index is 5.95. The second-order valence-electron chi connectivity index (χ2n) is 5.00. The van der Waals surface area contributed by atoms with Gasteiger partial charge in [-0.15, -0.1) is 11.3 Å². The van der Waals surface area contributed by atoms with Crippen molar-refractivity contribution in [3.63, 3.8) is 0 Å². The molecular formula is C13H21BrN4S. The van der Waals surface area contributed by atoms with Gasteiger partial charge in [0.1, 0.15) is 5.01 Å². The predicted molar refractivity (Wildman–Crippen MR) is 84.5 cm³/mol. The summed E-state index contributed by atoms with van der Waals surface area (Å²) in [7, 11) is 0. The van der Waals surface area contributed by atoms with E-state index in [0.29, 0.717) is 18.5 Å². The predicted octanol–water partition coefficient (Wildman–Crippen LogP) is 3.34.